The second kappa shape index (κ2) is 4.68. The summed E-state index contributed by atoms with van der Waals surface area (Å²) in [7, 11) is 0. The molecule has 1 saturated heterocycles. The summed E-state index contributed by atoms with van der Waals surface area (Å²) in [5.41, 5.74) is 0. The molecule has 0 aromatic rings. The van der Waals surface area contributed by atoms with Crippen LogP contribution in [-0.2, 0) is 9.59 Å². The zero-order valence-corrected chi connectivity index (χ0v) is 9.04. The van der Waals surface area contributed by atoms with E-state index in [1.165, 1.54) is 4.90 Å². The van der Waals surface area contributed by atoms with Gasteiger partial charge in [0.2, 0.25) is 5.91 Å². The Balaban J connectivity index is 2.67. The fourth-order valence-corrected chi connectivity index (χ4v) is 1.80. The van der Waals surface area contributed by atoms with Crippen LogP contribution < -0.4 is 0 Å². The lowest BCUT2D eigenvalue weighted by atomic mass is 10.1. The van der Waals surface area contributed by atoms with E-state index in [4.69, 9.17) is 5.11 Å². The summed E-state index contributed by atoms with van der Waals surface area (Å²) < 4.78 is 0. The average molecular weight is 210 g/mol. The van der Waals surface area contributed by atoms with Crippen molar-refractivity contribution in [1.82, 2.24) is 4.90 Å². The van der Waals surface area contributed by atoms with Crippen LogP contribution in [0.5, 0.6) is 0 Å². The van der Waals surface area contributed by atoms with Crippen LogP contribution >= 0.6 is 12.6 Å². The molecule has 1 amide bonds. The number of hydrogen-bond acceptors (Lipinski definition) is 3. The molecule has 1 N–H and O–H groups in total. The van der Waals surface area contributed by atoms with Crippen LogP contribution in [0.2, 0.25) is 0 Å². The molecule has 0 bridgehead atoms. The Morgan fingerprint density at radius 1 is 1.64 bits per heavy atom. The van der Waals surface area contributed by atoms with E-state index in [1.54, 1.807) is 6.92 Å². The van der Waals surface area contributed by atoms with Crippen molar-refractivity contribution in [2.24, 2.45) is 5.92 Å². The molecule has 0 aliphatic carbocycles. The van der Waals surface area contributed by atoms with Crippen LogP contribution in [0.1, 0.15) is 19.8 Å². The normalized spacial score (nSPS) is 23.6. The van der Waals surface area contributed by atoms with Crippen LogP contribution in [0, 0.1) is 5.92 Å². The molecule has 0 spiro atoms. The Bertz CT molecular complexity index is 244. The smallest absolute Gasteiger partial charge is 0.326 e. The molecular weight excluding hydrogens is 195 g/mol. The van der Waals surface area contributed by atoms with Gasteiger partial charge in [0.1, 0.15) is 6.04 Å². The lowest BCUT2D eigenvalue weighted by molar-refractivity contribution is -0.149. The molecule has 5 heteroatoms. The van der Waals surface area contributed by atoms with Gasteiger partial charge < -0.3 is 10.0 Å². The van der Waals surface area contributed by atoms with Crippen molar-refractivity contribution in [3.63, 3.8) is 0 Å². The minimum Gasteiger partial charge on any atom is -0.480 e. The summed E-state index contributed by atoms with van der Waals surface area (Å²) in [6.45, 7) is 2.33. The monoisotopic (exact) mass is 210 g/mol. The molecule has 1 aliphatic rings. The van der Waals surface area contributed by atoms with E-state index in [-0.39, 0.29) is 11.8 Å². The summed E-state index contributed by atoms with van der Waals surface area (Å²) in [6, 6.07) is -0.621. The van der Waals surface area contributed by atoms with Gasteiger partial charge in [0.25, 0.3) is 0 Å². The quantitative estimate of drug-likeness (QED) is 0.672. The Morgan fingerprint density at radius 2 is 2.29 bits per heavy atom. The number of thiol groups is 1. The number of carbonyl (C=O) groups is 2. The second-order valence-corrected chi connectivity index (χ2v) is 3.98. The van der Waals surface area contributed by atoms with E-state index in [0.717, 1.165) is 6.42 Å². The third kappa shape index (κ3) is 2.20. The van der Waals surface area contributed by atoms with Gasteiger partial charge in [0.15, 0.2) is 0 Å². The van der Waals surface area contributed by atoms with E-state index in [9.17, 15) is 9.59 Å². The van der Waals surface area contributed by atoms with E-state index >= 15 is 0 Å². The molecule has 1 heterocycles. The average Bonchev–Trinajstić information content (AvgIpc) is 2.63. The van der Waals surface area contributed by atoms with Gasteiger partial charge in [-0.15, -0.1) is 0 Å². The number of carboxylic acid groups (broad SMARTS) is 1. The molecular formula is C9H15NO3S. The topological polar surface area (TPSA) is 57.6 Å². The van der Waals surface area contributed by atoms with E-state index < -0.39 is 12.0 Å². The Kier molecular flexibility index (Phi) is 3.80. The molecule has 0 saturated carbocycles. The molecule has 0 aromatic carbocycles. The summed E-state index contributed by atoms with van der Waals surface area (Å²) in [5, 5.41) is 8.87. The summed E-state index contributed by atoms with van der Waals surface area (Å²) >= 11 is 4.03. The highest BCUT2D eigenvalue weighted by Crippen LogP contribution is 2.20. The Labute approximate surface area is 88.7 Å². The molecule has 2 atom stereocenters. The minimum atomic E-state index is -0.901. The molecule has 1 unspecified atom stereocenters. The zero-order chi connectivity index (χ0) is 10.7. The molecule has 1 rings (SSSR count). The fourth-order valence-electron chi connectivity index (χ4n) is 1.65. The maximum absolute atomic E-state index is 11.7. The van der Waals surface area contributed by atoms with Crippen molar-refractivity contribution in [1.29, 1.82) is 0 Å². The van der Waals surface area contributed by atoms with Gasteiger partial charge in [0.05, 0.1) is 0 Å². The molecule has 14 heavy (non-hydrogen) atoms. The highest BCUT2D eigenvalue weighted by molar-refractivity contribution is 7.80. The first-order valence-electron chi connectivity index (χ1n) is 4.72. The highest BCUT2D eigenvalue weighted by Gasteiger charge is 2.35. The first-order chi connectivity index (χ1) is 6.57. The molecule has 4 nitrogen and oxygen atoms in total. The molecule has 1 aliphatic heterocycles. The maximum atomic E-state index is 11.7. The lowest BCUT2D eigenvalue weighted by Crippen LogP contribution is -2.43. The van der Waals surface area contributed by atoms with E-state index in [0.29, 0.717) is 18.7 Å². The Morgan fingerprint density at radius 3 is 2.79 bits per heavy atom. The van der Waals surface area contributed by atoms with Crippen molar-refractivity contribution >= 4 is 24.5 Å². The molecule has 1 fully saturated rings. The lowest BCUT2D eigenvalue weighted by Gasteiger charge is -2.24. The molecule has 0 radical (unpaired) electrons. The van der Waals surface area contributed by atoms with Gasteiger partial charge in [-0.2, -0.15) is 12.6 Å². The van der Waals surface area contributed by atoms with Crippen molar-refractivity contribution in [3.05, 3.63) is 0 Å². The van der Waals surface area contributed by atoms with Crippen molar-refractivity contribution < 1.29 is 14.7 Å². The van der Waals surface area contributed by atoms with Gasteiger partial charge in [0, 0.05) is 18.2 Å². The highest BCUT2D eigenvalue weighted by atomic mass is 25.1. The predicted octanol–water partition coefficient (Wildman–Crippen LogP) is 0.628. The van der Waals surface area contributed by atoms with Crippen LogP contribution in [0.3, 0.4) is 0 Å². The number of nitrogens with zero attached hydrogens (tertiary/aromatic N) is 1. The number of likely N-dealkylation sites (tertiary alicyclic amines) is 1. The summed E-state index contributed by atoms with van der Waals surface area (Å²) in [4.78, 5) is 24.0. The van der Waals surface area contributed by atoms with Gasteiger partial charge in [-0.1, -0.05) is 6.92 Å². The number of hydrogen-bond donors (Lipinski definition) is 2. The number of aliphatic carboxylic acids is 1. The second-order valence-electron chi connectivity index (χ2n) is 3.61. The van der Waals surface area contributed by atoms with Crippen molar-refractivity contribution in [2.45, 2.75) is 25.8 Å². The minimum absolute atomic E-state index is 0.0927. The standard InChI is InChI=1S/C9H15NO3S/c1-6(5-14)8(11)10-4-2-3-7(10)9(12)13/h6-7,14H,2-5H2,1H3,(H,12,13)/t6?,7-/m0/s1/i14-7. The van der Waals surface area contributed by atoms with Gasteiger partial charge in [-0.25, -0.2) is 4.79 Å². The van der Waals surface area contributed by atoms with Gasteiger partial charge in [-0.05, 0) is 12.8 Å². The maximum Gasteiger partial charge on any atom is 0.326 e. The predicted molar refractivity (Wildman–Crippen MR) is 55.4 cm³/mol. The van der Waals surface area contributed by atoms with Gasteiger partial charge in [-0.3, -0.25) is 4.79 Å². The van der Waals surface area contributed by atoms with Crippen LogP contribution in [0.4, 0.5) is 0 Å². The zero-order valence-electron chi connectivity index (χ0n) is 8.14. The third-order valence-corrected chi connectivity index (χ3v) is 3.06. The van der Waals surface area contributed by atoms with Crippen LogP contribution in [0.15, 0.2) is 0 Å². The number of carboxylic acids is 1. The summed E-state index contributed by atoms with van der Waals surface area (Å²) in [6.07, 6.45) is 1.35. The summed E-state index contributed by atoms with van der Waals surface area (Å²) in [5.74, 6) is -0.729. The van der Waals surface area contributed by atoms with Crippen LogP contribution in [-0.4, -0.2) is 40.2 Å². The number of amides is 1. The van der Waals surface area contributed by atoms with E-state index in [1.807, 2.05) is 0 Å². The molecule has 80 valence electrons. The first kappa shape index (κ1) is 11.4. The largest absolute Gasteiger partial charge is 0.480 e. The number of rotatable bonds is 3. The number of carbonyl (C=O) groups excluding carboxylic acids is 1. The van der Waals surface area contributed by atoms with Crippen molar-refractivity contribution in [3.8, 4) is 0 Å². The molecule has 0 aromatic heterocycles. The van der Waals surface area contributed by atoms with E-state index in [2.05, 4.69) is 12.6 Å². The first-order valence-corrected chi connectivity index (χ1v) is 5.35. The SMILES string of the molecule is CC(C[25SH])C(=O)N1CCC[C@H]1C(=O)O. The van der Waals surface area contributed by atoms with Gasteiger partial charge >= 0.3 is 5.97 Å². The van der Waals surface area contributed by atoms with Crippen LogP contribution in [0.25, 0.3) is 0 Å². The van der Waals surface area contributed by atoms with Crippen molar-refractivity contribution in [2.75, 3.05) is 12.3 Å². The Hall–Kier alpha value is -0.710. The fraction of sp³-hybridized carbons (Fsp3) is 0.778. The third-order valence-electron chi connectivity index (χ3n) is 2.52.